The number of benzene rings is 2. The van der Waals surface area contributed by atoms with Crippen LogP contribution in [0.1, 0.15) is 30.9 Å². The Hall–Kier alpha value is -1.80. The lowest BCUT2D eigenvalue weighted by atomic mass is 9.99. The van der Waals surface area contributed by atoms with E-state index in [9.17, 15) is 0 Å². The maximum Gasteiger partial charge on any atom is 0.0366 e. The highest BCUT2D eigenvalue weighted by Gasteiger charge is 2.15. The molecule has 2 aromatic carbocycles. The van der Waals surface area contributed by atoms with Crippen LogP contribution in [0, 0.1) is 5.92 Å². The zero-order valence-corrected chi connectivity index (χ0v) is 14.2. The van der Waals surface area contributed by atoms with Gasteiger partial charge in [-0.15, -0.1) is 0 Å². The first-order valence-electron chi connectivity index (χ1n) is 8.90. The lowest BCUT2D eigenvalue weighted by molar-refractivity contribution is 0.438. The second kappa shape index (κ2) is 8.16. The average Bonchev–Trinajstić information content (AvgIpc) is 2.61. The Balaban J connectivity index is 1.42. The molecule has 0 aromatic heterocycles. The van der Waals surface area contributed by atoms with Crippen molar-refractivity contribution < 1.29 is 0 Å². The summed E-state index contributed by atoms with van der Waals surface area (Å²) >= 11 is 0. The van der Waals surface area contributed by atoms with Crippen LogP contribution in [0.4, 0.5) is 5.69 Å². The topological polar surface area (TPSA) is 15.3 Å². The molecule has 1 heterocycles. The minimum absolute atomic E-state index is 0.888. The van der Waals surface area contributed by atoms with Gasteiger partial charge in [-0.25, -0.2) is 0 Å². The largest absolute Gasteiger partial charge is 0.372 e. The van der Waals surface area contributed by atoms with Crippen molar-refractivity contribution in [1.29, 1.82) is 0 Å². The molecular weight excluding hydrogens is 280 g/mol. The monoisotopic (exact) mass is 308 g/mol. The predicted molar refractivity (Wildman–Crippen MR) is 98.9 cm³/mol. The molecule has 1 N–H and O–H groups in total. The van der Waals surface area contributed by atoms with Crippen LogP contribution in [0.25, 0.3) is 0 Å². The maximum absolute atomic E-state index is 3.54. The van der Waals surface area contributed by atoms with Gasteiger partial charge in [-0.3, -0.25) is 0 Å². The summed E-state index contributed by atoms with van der Waals surface area (Å²) < 4.78 is 0. The first-order chi connectivity index (χ1) is 11.3. The van der Waals surface area contributed by atoms with Crippen molar-refractivity contribution in [2.45, 2.75) is 32.7 Å². The maximum atomic E-state index is 3.54. The van der Waals surface area contributed by atoms with Crippen molar-refractivity contribution in [2.75, 3.05) is 24.5 Å². The molecule has 0 atom stereocenters. The fraction of sp³-hybridized carbons (Fsp3) is 0.429. The van der Waals surface area contributed by atoms with Crippen molar-refractivity contribution in [2.24, 2.45) is 5.92 Å². The highest BCUT2D eigenvalue weighted by Crippen LogP contribution is 2.23. The van der Waals surface area contributed by atoms with Crippen LogP contribution in [-0.2, 0) is 13.0 Å². The van der Waals surface area contributed by atoms with E-state index in [1.165, 1.54) is 42.7 Å². The van der Waals surface area contributed by atoms with Gasteiger partial charge in [0.05, 0.1) is 0 Å². The molecule has 2 aromatic rings. The highest BCUT2D eigenvalue weighted by atomic mass is 15.1. The van der Waals surface area contributed by atoms with Gasteiger partial charge >= 0.3 is 0 Å². The number of hydrogen-bond donors (Lipinski definition) is 1. The van der Waals surface area contributed by atoms with Crippen molar-refractivity contribution in [1.82, 2.24) is 5.32 Å². The highest BCUT2D eigenvalue weighted by molar-refractivity contribution is 5.47. The number of hydrogen-bond acceptors (Lipinski definition) is 2. The average molecular weight is 308 g/mol. The third kappa shape index (κ3) is 4.84. The van der Waals surface area contributed by atoms with Crippen molar-refractivity contribution in [3.63, 3.8) is 0 Å². The van der Waals surface area contributed by atoms with Crippen LogP contribution in [0.5, 0.6) is 0 Å². The van der Waals surface area contributed by atoms with Gasteiger partial charge in [0.15, 0.2) is 0 Å². The zero-order chi connectivity index (χ0) is 15.9. The molecule has 0 bridgehead atoms. The zero-order valence-electron chi connectivity index (χ0n) is 14.2. The minimum Gasteiger partial charge on any atom is -0.372 e. The quantitative estimate of drug-likeness (QED) is 0.802. The van der Waals surface area contributed by atoms with E-state index in [2.05, 4.69) is 71.7 Å². The fourth-order valence-electron chi connectivity index (χ4n) is 3.20. The molecule has 122 valence electrons. The van der Waals surface area contributed by atoms with Gasteiger partial charge < -0.3 is 10.2 Å². The van der Waals surface area contributed by atoms with Crippen LogP contribution in [0.3, 0.4) is 0 Å². The standard InChI is InChI=1S/C21H28N2/c1-18-12-15-23(16-13-18)21-9-7-20(8-10-21)17-22-14-11-19-5-3-2-4-6-19/h2-10,18,22H,11-17H2,1H3. The van der Waals surface area contributed by atoms with E-state index >= 15 is 0 Å². The van der Waals surface area contributed by atoms with Gasteiger partial charge in [0.25, 0.3) is 0 Å². The van der Waals surface area contributed by atoms with E-state index in [0.717, 1.165) is 25.4 Å². The first kappa shape index (κ1) is 16.1. The summed E-state index contributed by atoms with van der Waals surface area (Å²) in [5.74, 6) is 0.888. The molecule has 0 unspecified atom stereocenters. The molecule has 0 aliphatic carbocycles. The summed E-state index contributed by atoms with van der Waals surface area (Å²) in [6.45, 7) is 6.74. The molecule has 1 saturated heterocycles. The molecular formula is C21H28N2. The van der Waals surface area contributed by atoms with Crippen LogP contribution >= 0.6 is 0 Å². The minimum atomic E-state index is 0.888. The SMILES string of the molecule is CC1CCN(c2ccc(CNCCc3ccccc3)cc2)CC1. The van der Waals surface area contributed by atoms with Crippen molar-refractivity contribution >= 4 is 5.69 Å². The van der Waals surface area contributed by atoms with Crippen LogP contribution in [0.15, 0.2) is 54.6 Å². The molecule has 3 rings (SSSR count). The molecule has 0 saturated carbocycles. The van der Waals surface area contributed by atoms with Crippen LogP contribution in [0.2, 0.25) is 0 Å². The van der Waals surface area contributed by atoms with Crippen molar-refractivity contribution in [3.8, 4) is 0 Å². The molecule has 23 heavy (non-hydrogen) atoms. The second-order valence-electron chi connectivity index (χ2n) is 6.75. The fourth-order valence-corrected chi connectivity index (χ4v) is 3.20. The van der Waals surface area contributed by atoms with Gasteiger partial charge in [-0.1, -0.05) is 49.4 Å². The Morgan fingerprint density at radius 2 is 1.61 bits per heavy atom. The lowest BCUT2D eigenvalue weighted by Gasteiger charge is -2.32. The molecule has 2 nitrogen and oxygen atoms in total. The van der Waals surface area contributed by atoms with Crippen LogP contribution in [-0.4, -0.2) is 19.6 Å². The van der Waals surface area contributed by atoms with Gasteiger partial charge in [-0.2, -0.15) is 0 Å². The number of nitrogens with zero attached hydrogens (tertiary/aromatic N) is 1. The van der Waals surface area contributed by atoms with Gasteiger partial charge in [0.1, 0.15) is 0 Å². The molecule has 1 fully saturated rings. The summed E-state index contributed by atoms with van der Waals surface area (Å²) in [6.07, 6.45) is 3.73. The summed E-state index contributed by atoms with van der Waals surface area (Å²) in [7, 11) is 0. The lowest BCUT2D eigenvalue weighted by Crippen LogP contribution is -2.32. The number of nitrogens with one attached hydrogen (secondary N) is 1. The van der Waals surface area contributed by atoms with E-state index in [1.54, 1.807) is 0 Å². The predicted octanol–water partition coefficient (Wildman–Crippen LogP) is 4.26. The Morgan fingerprint density at radius 1 is 0.913 bits per heavy atom. The Morgan fingerprint density at radius 3 is 2.30 bits per heavy atom. The van der Waals surface area contributed by atoms with Gasteiger partial charge in [0, 0.05) is 25.3 Å². The van der Waals surface area contributed by atoms with Gasteiger partial charge in [0.2, 0.25) is 0 Å². The van der Waals surface area contributed by atoms with Gasteiger partial charge in [-0.05, 0) is 55.0 Å². The number of rotatable bonds is 6. The van der Waals surface area contributed by atoms with E-state index in [0.29, 0.717) is 0 Å². The van der Waals surface area contributed by atoms with E-state index in [1.807, 2.05) is 0 Å². The Bertz CT molecular complexity index is 569. The third-order valence-corrected chi connectivity index (χ3v) is 4.85. The number of piperidine rings is 1. The second-order valence-corrected chi connectivity index (χ2v) is 6.75. The van der Waals surface area contributed by atoms with E-state index in [4.69, 9.17) is 0 Å². The molecule has 1 aliphatic heterocycles. The Labute approximate surface area is 140 Å². The summed E-state index contributed by atoms with van der Waals surface area (Å²) in [5.41, 5.74) is 4.15. The third-order valence-electron chi connectivity index (χ3n) is 4.85. The molecule has 2 heteroatoms. The molecule has 0 radical (unpaired) electrons. The number of anilines is 1. The summed E-state index contributed by atoms with van der Waals surface area (Å²) in [4.78, 5) is 2.52. The summed E-state index contributed by atoms with van der Waals surface area (Å²) in [6, 6.07) is 19.8. The molecule has 1 aliphatic rings. The Kier molecular flexibility index (Phi) is 5.71. The first-order valence-corrected chi connectivity index (χ1v) is 8.90. The van der Waals surface area contributed by atoms with E-state index < -0.39 is 0 Å². The summed E-state index contributed by atoms with van der Waals surface area (Å²) in [5, 5.41) is 3.54. The normalized spacial score (nSPS) is 15.8. The van der Waals surface area contributed by atoms with Crippen molar-refractivity contribution in [3.05, 3.63) is 65.7 Å². The molecule has 0 amide bonds. The van der Waals surface area contributed by atoms with Crippen LogP contribution < -0.4 is 10.2 Å². The molecule has 0 spiro atoms. The smallest absolute Gasteiger partial charge is 0.0366 e. The van der Waals surface area contributed by atoms with E-state index in [-0.39, 0.29) is 0 Å².